The number of anilines is 1. The fraction of sp³-hybridized carbons (Fsp3) is 0.381. The molecule has 0 fully saturated rings. The third kappa shape index (κ3) is 6.73. The average Bonchev–Trinajstić information content (AvgIpc) is 2.68. The van der Waals surface area contributed by atoms with Gasteiger partial charge in [-0.2, -0.15) is 0 Å². The normalized spacial score (nSPS) is 10.5. The van der Waals surface area contributed by atoms with Crippen LogP contribution in [0.15, 0.2) is 48.5 Å². The summed E-state index contributed by atoms with van der Waals surface area (Å²) in [6.07, 6.45) is 5.46. The van der Waals surface area contributed by atoms with Crippen LogP contribution in [-0.2, 0) is 6.42 Å². The van der Waals surface area contributed by atoms with Crippen LogP contribution in [-0.4, -0.2) is 32.2 Å². The predicted octanol–water partition coefficient (Wildman–Crippen LogP) is 4.57. The molecule has 2 aromatic carbocycles. The van der Waals surface area contributed by atoms with Gasteiger partial charge in [-0.25, -0.2) is 0 Å². The molecule has 0 saturated carbocycles. The summed E-state index contributed by atoms with van der Waals surface area (Å²) in [5.41, 5.74) is 2.93. The molecule has 0 unspecified atom stereocenters. The Balaban J connectivity index is 1.66. The Bertz CT molecular complexity index is 677. The smallest absolute Gasteiger partial charge is 0.162 e. The second-order valence-corrected chi connectivity index (χ2v) is 6.70. The first-order valence-corrected chi connectivity index (χ1v) is 10.2. The number of hydrogen-bond acceptors (Lipinski definition) is 5. The predicted molar refractivity (Wildman–Crippen MR) is 111 cm³/mol. The molecule has 0 aliphatic carbocycles. The van der Waals surface area contributed by atoms with Crippen molar-refractivity contribution in [3.63, 3.8) is 0 Å². The SMILES string of the molecule is COc1ccc(C(=O)CCCCNCCc2ccccc2)cc1NSC. The highest BCUT2D eigenvalue weighted by Crippen LogP contribution is 2.27. The third-order valence-corrected chi connectivity index (χ3v) is 4.60. The van der Waals surface area contributed by atoms with Gasteiger partial charge in [-0.05, 0) is 56.1 Å². The molecule has 0 aromatic heterocycles. The molecule has 140 valence electrons. The van der Waals surface area contributed by atoms with E-state index < -0.39 is 0 Å². The molecular formula is C21H28N2O2S. The maximum Gasteiger partial charge on any atom is 0.162 e. The van der Waals surface area contributed by atoms with Crippen LogP contribution in [0, 0.1) is 0 Å². The topological polar surface area (TPSA) is 50.4 Å². The van der Waals surface area contributed by atoms with Crippen LogP contribution in [0.25, 0.3) is 0 Å². The highest BCUT2D eigenvalue weighted by molar-refractivity contribution is 7.99. The van der Waals surface area contributed by atoms with E-state index in [9.17, 15) is 4.79 Å². The van der Waals surface area contributed by atoms with Crippen LogP contribution >= 0.6 is 11.9 Å². The van der Waals surface area contributed by atoms with E-state index in [1.165, 1.54) is 17.5 Å². The van der Waals surface area contributed by atoms with Crippen molar-refractivity contribution in [2.24, 2.45) is 0 Å². The van der Waals surface area contributed by atoms with Gasteiger partial charge in [-0.1, -0.05) is 42.3 Å². The zero-order chi connectivity index (χ0) is 18.6. The molecule has 0 heterocycles. The maximum atomic E-state index is 12.4. The monoisotopic (exact) mass is 372 g/mol. The lowest BCUT2D eigenvalue weighted by Gasteiger charge is -2.11. The van der Waals surface area contributed by atoms with E-state index in [4.69, 9.17) is 4.74 Å². The van der Waals surface area contributed by atoms with Crippen LogP contribution in [0.3, 0.4) is 0 Å². The van der Waals surface area contributed by atoms with E-state index in [1.54, 1.807) is 7.11 Å². The van der Waals surface area contributed by atoms with Gasteiger partial charge < -0.3 is 14.8 Å². The standard InChI is InChI=1S/C21H28N2O2S/c1-25-21-12-11-18(16-19(21)23-26-2)20(24)10-6-7-14-22-15-13-17-8-4-3-5-9-17/h3-5,8-9,11-12,16,22-23H,6-7,10,13-15H2,1-2H3. The summed E-state index contributed by atoms with van der Waals surface area (Å²) in [5, 5.41) is 3.45. The number of unbranched alkanes of at least 4 members (excludes halogenated alkanes) is 1. The van der Waals surface area contributed by atoms with Crippen molar-refractivity contribution in [3.8, 4) is 5.75 Å². The van der Waals surface area contributed by atoms with Crippen LogP contribution in [0.1, 0.15) is 35.2 Å². The molecule has 2 aromatic rings. The molecular weight excluding hydrogens is 344 g/mol. The van der Waals surface area contributed by atoms with Gasteiger partial charge in [0.2, 0.25) is 0 Å². The number of carbonyl (C=O) groups is 1. The number of ether oxygens (including phenoxy) is 1. The minimum atomic E-state index is 0.182. The van der Waals surface area contributed by atoms with E-state index in [-0.39, 0.29) is 5.78 Å². The summed E-state index contributed by atoms with van der Waals surface area (Å²) >= 11 is 1.48. The Morgan fingerprint density at radius 1 is 1.08 bits per heavy atom. The highest BCUT2D eigenvalue weighted by Gasteiger charge is 2.10. The molecule has 0 saturated heterocycles. The van der Waals surface area contributed by atoms with Crippen molar-refractivity contribution in [1.29, 1.82) is 0 Å². The molecule has 0 radical (unpaired) electrons. The van der Waals surface area contributed by atoms with E-state index in [2.05, 4.69) is 34.3 Å². The lowest BCUT2D eigenvalue weighted by Crippen LogP contribution is -2.18. The Labute approximate surface area is 160 Å². The molecule has 0 bridgehead atoms. The van der Waals surface area contributed by atoms with Crippen LogP contribution < -0.4 is 14.8 Å². The van der Waals surface area contributed by atoms with Gasteiger partial charge in [0, 0.05) is 18.2 Å². The van der Waals surface area contributed by atoms with Crippen LogP contribution in [0.5, 0.6) is 5.75 Å². The molecule has 4 nitrogen and oxygen atoms in total. The summed E-state index contributed by atoms with van der Waals surface area (Å²) in [6.45, 7) is 1.92. The summed E-state index contributed by atoms with van der Waals surface area (Å²) in [7, 11) is 1.63. The first-order valence-electron chi connectivity index (χ1n) is 8.99. The highest BCUT2D eigenvalue weighted by atomic mass is 32.2. The Kier molecular flexibility index (Phi) is 9.07. The van der Waals surface area contributed by atoms with Gasteiger partial charge in [0.15, 0.2) is 5.78 Å². The van der Waals surface area contributed by atoms with Crippen molar-refractivity contribution in [2.45, 2.75) is 25.7 Å². The Hall–Kier alpha value is -1.98. The van der Waals surface area contributed by atoms with Crippen LogP contribution in [0.4, 0.5) is 5.69 Å². The Morgan fingerprint density at radius 2 is 1.88 bits per heavy atom. The minimum absolute atomic E-state index is 0.182. The van der Waals surface area contributed by atoms with Gasteiger partial charge in [-0.3, -0.25) is 4.79 Å². The van der Waals surface area contributed by atoms with Gasteiger partial charge in [0.05, 0.1) is 12.8 Å². The summed E-state index contributed by atoms with van der Waals surface area (Å²) in [5.74, 6) is 0.930. The lowest BCUT2D eigenvalue weighted by atomic mass is 10.0. The number of Topliss-reactive ketones (excluding diaryl/α,β-unsaturated/α-hetero) is 1. The summed E-state index contributed by atoms with van der Waals surface area (Å²) in [4.78, 5) is 12.4. The van der Waals surface area contributed by atoms with E-state index >= 15 is 0 Å². The molecule has 5 heteroatoms. The summed E-state index contributed by atoms with van der Waals surface area (Å²) in [6, 6.07) is 16.0. The zero-order valence-electron chi connectivity index (χ0n) is 15.6. The van der Waals surface area contributed by atoms with E-state index in [1.807, 2.05) is 30.5 Å². The number of nitrogens with one attached hydrogen (secondary N) is 2. The second-order valence-electron chi connectivity index (χ2n) is 6.09. The maximum absolute atomic E-state index is 12.4. The number of methoxy groups -OCH3 is 1. The van der Waals surface area contributed by atoms with Crippen molar-refractivity contribution < 1.29 is 9.53 Å². The largest absolute Gasteiger partial charge is 0.495 e. The third-order valence-electron chi connectivity index (χ3n) is 4.17. The molecule has 2 rings (SSSR count). The van der Waals surface area contributed by atoms with Crippen molar-refractivity contribution in [3.05, 3.63) is 59.7 Å². The molecule has 26 heavy (non-hydrogen) atoms. The fourth-order valence-corrected chi connectivity index (χ4v) is 3.13. The van der Waals surface area contributed by atoms with Crippen molar-refractivity contribution >= 4 is 23.4 Å². The van der Waals surface area contributed by atoms with Gasteiger partial charge in [0.1, 0.15) is 5.75 Å². The quantitative estimate of drug-likeness (QED) is 0.325. The molecule has 0 spiro atoms. The summed E-state index contributed by atoms with van der Waals surface area (Å²) < 4.78 is 8.46. The van der Waals surface area contributed by atoms with Crippen molar-refractivity contribution in [1.82, 2.24) is 5.32 Å². The molecule has 2 N–H and O–H groups in total. The molecule has 0 aliphatic rings. The number of rotatable bonds is 12. The van der Waals surface area contributed by atoms with Gasteiger partial charge >= 0.3 is 0 Å². The average molecular weight is 373 g/mol. The minimum Gasteiger partial charge on any atom is -0.495 e. The molecule has 0 amide bonds. The Morgan fingerprint density at radius 3 is 2.62 bits per heavy atom. The number of carbonyl (C=O) groups excluding carboxylic acids is 1. The van der Waals surface area contributed by atoms with Gasteiger partial charge in [-0.15, -0.1) is 0 Å². The second kappa shape index (κ2) is 11.6. The van der Waals surface area contributed by atoms with E-state index in [0.29, 0.717) is 6.42 Å². The fourth-order valence-electron chi connectivity index (χ4n) is 2.75. The number of hydrogen-bond donors (Lipinski definition) is 2. The molecule has 0 atom stereocenters. The zero-order valence-corrected chi connectivity index (χ0v) is 16.4. The first kappa shape index (κ1) is 20.3. The van der Waals surface area contributed by atoms with Crippen molar-refractivity contribution in [2.75, 3.05) is 31.2 Å². The van der Waals surface area contributed by atoms with Gasteiger partial charge in [0.25, 0.3) is 0 Å². The van der Waals surface area contributed by atoms with E-state index in [0.717, 1.165) is 49.4 Å². The lowest BCUT2D eigenvalue weighted by molar-refractivity contribution is 0.0979. The number of ketones is 1. The molecule has 0 aliphatic heterocycles. The first-order chi connectivity index (χ1) is 12.7. The number of benzene rings is 2. The van der Waals surface area contributed by atoms with Crippen LogP contribution in [0.2, 0.25) is 0 Å².